The van der Waals surface area contributed by atoms with Crippen molar-refractivity contribution in [1.29, 1.82) is 0 Å². The quantitative estimate of drug-likeness (QED) is 0.664. The Morgan fingerprint density at radius 1 is 0.880 bits per heavy atom. The number of hydrogen-bond acceptors (Lipinski definition) is 4. The van der Waals surface area contributed by atoms with Crippen molar-refractivity contribution < 1.29 is 0 Å². The second-order valence-electron chi connectivity index (χ2n) is 8.18. The van der Waals surface area contributed by atoms with Gasteiger partial charge in [0.1, 0.15) is 0 Å². The van der Waals surface area contributed by atoms with Crippen molar-refractivity contribution in [2.24, 2.45) is 11.8 Å². The molecule has 0 bridgehead atoms. The average Bonchev–Trinajstić information content (AvgIpc) is 2.63. The van der Waals surface area contributed by atoms with Gasteiger partial charge in [0.25, 0.3) is 0 Å². The number of likely N-dealkylation sites (tertiary alicyclic amines) is 1. The average molecular weight is 355 g/mol. The normalized spacial score (nSPS) is 21.6. The minimum absolute atomic E-state index is 0.777. The summed E-state index contributed by atoms with van der Waals surface area (Å²) in [6, 6.07) is 0. The molecule has 4 nitrogen and oxygen atoms in total. The lowest BCUT2D eigenvalue weighted by Crippen LogP contribution is -2.48. The molecule has 2 rings (SSSR count). The molecule has 0 aromatic heterocycles. The molecule has 0 saturated carbocycles. The van der Waals surface area contributed by atoms with E-state index in [0.29, 0.717) is 0 Å². The second kappa shape index (κ2) is 13.1. The zero-order valence-corrected chi connectivity index (χ0v) is 18.1. The van der Waals surface area contributed by atoms with E-state index >= 15 is 0 Å². The van der Waals surface area contributed by atoms with Crippen LogP contribution in [0.2, 0.25) is 0 Å². The molecule has 2 heterocycles. The van der Waals surface area contributed by atoms with Crippen LogP contribution < -0.4 is 0 Å². The first kappa shape index (κ1) is 22.9. The van der Waals surface area contributed by atoms with Gasteiger partial charge in [0.15, 0.2) is 0 Å². The lowest BCUT2D eigenvalue weighted by atomic mass is 9.96. The molecule has 2 aliphatic rings. The molecule has 0 aliphatic carbocycles. The third-order valence-corrected chi connectivity index (χ3v) is 5.61. The zero-order valence-electron chi connectivity index (χ0n) is 18.1. The van der Waals surface area contributed by atoms with Crippen LogP contribution in [-0.4, -0.2) is 98.6 Å². The maximum atomic E-state index is 2.71. The topological polar surface area (TPSA) is 13.0 Å². The van der Waals surface area contributed by atoms with Crippen molar-refractivity contribution in [3.05, 3.63) is 0 Å². The van der Waals surface area contributed by atoms with Gasteiger partial charge in [-0.3, -0.25) is 0 Å². The number of hydrogen-bond donors (Lipinski definition) is 0. The second-order valence-corrected chi connectivity index (χ2v) is 8.18. The molecule has 0 unspecified atom stereocenters. The van der Waals surface area contributed by atoms with Crippen molar-refractivity contribution in [2.75, 3.05) is 79.0 Å². The Morgan fingerprint density at radius 2 is 1.44 bits per heavy atom. The third-order valence-electron chi connectivity index (χ3n) is 5.61. The first-order valence-electron chi connectivity index (χ1n) is 10.9. The van der Waals surface area contributed by atoms with Crippen LogP contribution in [-0.2, 0) is 0 Å². The highest BCUT2D eigenvalue weighted by Gasteiger charge is 2.23. The van der Waals surface area contributed by atoms with Gasteiger partial charge in [-0.2, -0.15) is 0 Å². The van der Waals surface area contributed by atoms with Crippen LogP contribution in [0.15, 0.2) is 0 Å². The highest BCUT2D eigenvalue weighted by atomic mass is 15.3. The van der Waals surface area contributed by atoms with Crippen molar-refractivity contribution >= 4 is 0 Å². The summed E-state index contributed by atoms with van der Waals surface area (Å²) in [6.45, 7) is 24.9. The fourth-order valence-corrected chi connectivity index (χ4v) is 4.07. The molecule has 0 amide bonds. The van der Waals surface area contributed by atoms with E-state index in [0.717, 1.165) is 11.8 Å². The van der Waals surface area contributed by atoms with Gasteiger partial charge < -0.3 is 19.6 Å². The van der Waals surface area contributed by atoms with E-state index in [4.69, 9.17) is 0 Å². The van der Waals surface area contributed by atoms with E-state index in [1.165, 1.54) is 84.8 Å². The largest absolute Gasteiger partial charge is 0.305 e. The summed E-state index contributed by atoms with van der Waals surface area (Å²) >= 11 is 0. The fraction of sp³-hybridized carbons (Fsp3) is 1.00. The smallest absolute Gasteiger partial charge is 0.0110 e. The predicted molar refractivity (Wildman–Crippen MR) is 111 cm³/mol. The number of piperidine rings is 1. The monoisotopic (exact) mass is 354 g/mol. The molecule has 0 N–H and O–H groups in total. The summed E-state index contributed by atoms with van der Waals surface area (Å²) in [7, 11) is 2.27. The molecular weight excluding hydrogens is 308 g/mol. The summed E-state index contributed by atoms with van der Waals surface area (Å²) in [4.78, 5) is 10.5. The number of nitrogens with zero attached hydrogens (tertiary/aromatic N) is 4. The van der Waals surface area contributed by atoms with Crippen LogP contribution in [0.4, 0.5) is 0 Å². The van der Waals surface area contributed by atoms with Crippen LogP contribution in [0.5, 0.6) is 0 Å². The summed E-state index contributed by atoms with van der Waals surface area (Å²) in [5, 5.41) is 0. The molecule has 0 atom stereocenters. The third kappa shape index (κ3) is 9.37. The Balaban J connectivity index is 0.00000151. The molecule has 0 radical (unpaired) electrons. The molecule has 0 spiro atoms. The maximum absolute atomic E-state index is 2.71. The van der Waals surface area contributed by atoms with Gasteiger partial charge in [-0.25, -0.2) is 0 Å². The fourth-order valence-electron chi connectivity index (χ4n) is 4.07. The molecule has 2 saturated heterocycles. The molecule has 4 heteroatoms. The Bertz CT molecular complexity index is 305. The van der Waals surface area contributed by atoms with Gasteiger partial charge in [-0.05, 0) is 51.4 Å². The molecule has 25 heavy (non-hydrogen) atoms. The Morgan fingerprint density at radius 3 is 1.96 bits per heavy atom. The number of piperazine rings is 1. The van der Waals surface area contributed by atoms with E-state index in [1.807, 2.05) is 13.8 Å². The van der Waals surface area contributed by atoms with E-state index in [2.05, 4.69) is 47.4 Å². The van der Waals surface area contributed by atoms with E-state index < -0.39 is 0 Å². The Kier molecular flexibility index (Phi) is 12.0. The Hall–Kier alpha value is -0.160. The highest BCUT2D eigenvalue weighted by molar-refractivity contribution is 4.78. The Labute approximate surface area is 158 Å². The van der Waals surface area contributed by atoms with E-state index in [1.54, 1.807) is 0 Å². The van der Waals surface area contributed by atoms with Crippen LogP contribution in [0.25, 0.3) is 0 Å². The van der Waals surface area contributed by atoms with E-state index in [-0.39, 0.29) is 0 Å². The molecule has 150 valence electrons. The van der Waals surface area contributed by atoms with Crippen LogP contribution in [0, 0.1) is 11.8 Å². The molecule has 2 aliphatic heterocycles. The van der Waals surface area contributed by atoms with Crippen molar-refractivity contribution in [3.63, 3.8) is 0 Å². The first-order chi connectivity index (χ1) is 12.1. The summed E-state index contributed by atoms with van der Waals surface area (Å²) in [5.41, 5.74) is 0. The highest BCUT2D eigenvalue weighted by Crippen LogP contribution is 2.19. The van der Waals surface area contributed by atoms with Gasteiger partial charge in [-0.15, -0.1) is 0 Å². The van der Waals surface area contributed by atoms with E-state index in [9.17, 15) is 0 Å². The lowest BCUT2D eigenvalue weighted by Gasteiger charge is -2.39. The van der Waals surface area contributed by atoms with Gasteiger partial charge in [0.2, 0.25) is 0 Å². The molecule has 0 aromatic carbocycles. The van der Waals surface area contributed by atoms with Gasteiger partial charge in [0.05, 0.1) is 0 Å². The standard InChI is InChI=1S/C19H40N4.C2H6/c1-5-21-12-14-23(15-13-21)17-19-6-8-22(9-7-19)11-10-20(4)16-18(2)3;1-2/h18-19H,5-17H2,1-4H3;1-2H3. The molecule has 2 fully saturated rings. The molecule has 0 aromatic rings. The van der Waals surface area contributed by atoms with Crippen molar-refractivity contribution in [3.8, 4) is 0 Å². The van der Waals surface area contributed by atoms with Crippen molar-refractivity contribution in [1.82, 2.24) is 19.6 Å². The summed E-state index contributed by atoms with van der Waals surface area (Å²) in [6.07, 6.45) is 2.81. The number of likely N-dealkylation sites (N-methyl/N-ethyl adjacent to an activating group) is 2. The van der Waals surface area contributed by atoms with Crippen LogP contribution in [0.3, 0.4) is 0 Å². The zero-order chi connectivity index (χ0) is 18.7. The first-order valence-corrected chi connectivity index (χ1v) is 10.9. The minimum atomic E-state index is 0.777. The van der Waals surface area contributed by atoms with Crippen molar-refractivity contribution in [2.45, 2.75) is 47.5 Å². The summed E-state index contributed by atoms with van der Waals surface area (Å²) in [5.74, 6) is 1.71. The van der Waals surface area contributed by atoms with Gasteiger partial charge in [0, 0.05) is 52.4 Å². The minimum Gasteiger partial charge on any atom is -0.305 e. The van der Waals surface area contributed by atoms with Gasteiger partial charge in [-0.1, -0.05) is 34.6 Å². The SMILES string of the molecule is CC.CCN1CCN(CC2CCN(CCN(C)CC(C)C)CC2)CC1. The van der Waals surface area contributed by atoms with Crippen LogP contribution >= 0.6 is 0 Å². The number of rotatable bonds is 8. The maximum Gasteiger partial charge on any atom is 0.0110 e. The lowest BCUT2D eigenvalue weighted by molar-refractivity contribution is 0.0947. The van der Waals surface area contributed by atoms with Crippen LogP contribution in [0.1, 0.15) is 47.5 Å². The van der Waals surface area contributed by atoms with Gasteiger partial charge >= 0.3 is 0 Å². The summed E-state index contributed by atoms with van der Waals surface area (Å²) < 4.78 is 0. The molecular formula is C21H46N4. The predicted octanol–water partition coefficient (Wildman–Crippen LogP) is 2.95.